The fourth-order valence-electron chi connectivity index (χ4n) is 5.10. The summed E-state index contributed by atoms with van der Waals surface area (Å²) in [4.78, 5) is 54.2. The zero-order valence-electron chi connectivity index (χ0n) is 21.6. The third kappa shape index (κ3) is 6.58. The minimum absolute atomic E-state index is 0.00227. The van der Waals surface area contributed by atoms with Crippen LogP contribution in [0.3, 0.4) is 0 Å². The molecular formula is C24H40N6O5S. The molecule has 3 aliphatic rings. The van der Waals surface area contributed by atoms with Crippen molar-refractivity contribution >= 4 is 35.5 Å². The highest BCUT2D eigenvalue weighted by molar-refractivity contribution is 8.03. The summed E-state index contributed by atoms with van der Waals surface area (Å²) in [6.45, 7) is 7.59. The van der Waals surface area contributed by atoms with Crippen molar-refractivity contribution in [2.45, 2.75) is 75.9 Å². The number of rotatable bonds is 9. The summed E-state index contributed by atoms with van der Waals surface area (Å²) in [7, 11) is 1.66. The van der Waals surface area contributed by atoms with Gasteiger partial charge >= 0.3 is 5.97 Å². The number of thioether (sulfide) groups is 1. The Kier molecular flexibility index (Phi) is 9.79. The Morgan fingerprint density at radius 1 is 1.22 bits per heavy atom. The molecule has 0 aromatic carbocycles. The molecule has 3 heterocycles. The van der Waals surface area contributed by atoms with Crippen LogP contribution in [-0.2, 0) is 19.2 Å². The lowest BCUT2D eigenvalue weighted by Gasteiger charge is -2.32. The van der Waals surface area contributed by atoms with Gasteiger partial charge in [0.15, 0.2) is 0 Å². The lowest BCUT2D eigenvalue weighted by molar-refractivity contribution is -0.140. The summed E-state index contributed by atoms with van der Waals surface area (Å²) in [6.07, 6.45) is 2.22. The number of carboxylic acids is 1. The molecule has 0 aromatic heterocycles. The van der Waals surface area contributed by atoms with Crippen molar-refractivity contribution in [1.82, 2.24) is 25.8 Å². The molecule has 2 saturated heterocycles. The Bertz CT molecular complexity index is 890. The number of hydrogen-bond donors (Lipinski definition) is 5. The van der Waals surface area contributed by atoms with Gasteiger partial charge in [0.1, 0.15) is 5.70 Å². The first kappa shape index (κ1) is 28.4. The summed E-state index contributed by atoms with van der Waals surface area (Å²) < 4.78 is 0. The molecule has 3 aliphatic heterocycles. The number of likely N-dealkylation sites (N-methyl/N-ethyl adjacent to an activating group) is 1. The molecule has 0 aliphatic carbocycles. The second-order valence-corrected chi connectivity index (χ2v) is 11.5. The second-order valence-electron chi connectivity index (χ2n) is 10.1. The van der Waals surface area contributed by atoms with Crippen molar-refractivity contribution in [3.63, 3.8) is 0 Å². The lowest BCUT2D eigenvalue weighted by Crippen LogP contribution is -2.49. The van der Waals surface area contributed by atoms with Crippen molar-refractivity contribution in [1.29, 1.82) is 0 Å². The standard InChI is InChI=1S/C24H40N6O5S/c1-13(28-19(31)12-26-4)9-20(32)30-15(3)14(2)22(21(30)24(34)35)36-17-10-18(27-11-17)23(33)29-7-5-16(25)6-8-29/h13-18,26-27H,5-12,25H2,1-4H3,(H,28,31)(H,34,35)/t13-,14-,15+,17+,18+/m1/s1. The number of nitrogens with one attached hydrogen (secondary N) is 3. The van der Waals surface area contributed by atoms with Gasteiger partial charge in [0.05, 0.1) is 12.6 Å². The second kappa shape index (κ2) is 12.4. The number of hydrogen-bond acceptors (Lipinski definition) is 8. The van der Waals surface area contributed by atoms with E-state index >= 15 is 0 Å². The number of carbonyl (C=O) groups excluding carboxylic acids is 3. The van der Waals surface area contributed by atoms with E-state index in [-0.39, 0.29) is 65.7 Å². The Hall–Kier alpha value is -2.15. The molecule has 3 rings (SSSR count). The normalized spacial score (nSPS) is 27.9. The zero-order chi connectivity index (χ0) is 26.6. The van der Waals surface area contributed by atoms with E-state index in [0.717, 1.165) is 12.8 Å². The van der Waals surface area contributed by atoms with Gasteiger partial charge in [0.25, 0.3) is 0 Å². The third-order valence-electron chi connectivity index (χ3n) is 7.25. The quantitative estimate of drug-likeness (QED) is 0.273. The van der Waals surface area contributed by atoms with E-state index in [9.17, 15) is 24.3 Å². The summed E-state index contributed by atoms with van der Waals surface area (Å²) in [5.41, 5.74) is 5.97. The molecule has 5 atom stereocenters. The average Bonchev–Trinajstić information content (AvgIpc) is 3.37. The number of aliphatic carboxylic acids is 1. The highest BCUT2D eigenvalue weighted by atomic mass is 32.2. The maximum Gasteiger partial charge on any atom is 0.353 e. The SMILES string of the molecule is CNCC(=O)N[C@H](C)CC(=O)N1C(C(=O)O)=C(S[C@@H]2CN[C@H](C(=O)N3CCC(N)CC3)C2)[C@H](C)[C@@H]1C. The Morgan fingerprint density at radius 3 is 2.50 bits per heavy atom. The van der Waals surface area contributed by atoms with Gasteiger partial charge in [-0.2, -0.15) is 0 Å². The monoisotopic (exact) mass is 524 g/mol. The topological polar surface area (TPSA) is 157 Å². The average molecular weight is 525 g/mol. The molecule has 2 fully saturated rings. The van der Waals surface area contributed by atoms with Crippen LogP contribution in [0.4, 0.5) is 0 Å². The predicted octanol–water partition coefficient (Wildman–Crippen LogP) is -0.323. The molecule has 0 radical (unpaired) electrons. The van der Waals surface area contributed by atoms with Crippen LogP contribution in [-0.4, -0.2) is 101 Å². The van der Waals surface area contributed by atoms with Crippen LogP contribution in [0.5, 0.6) is 0 Å². The smallest absolute Gasteiger partial charge is 0.353 e. The number of nitrogens with two attached hydrogens (primary N) is 1. The molecule has 0 spiro atoms. The van der Waals surface area contributed by atoms with Crippen LogP contribution in [0, 0.1) is 5.92 Å². The molecule has 3 amide bonds. The maximum absolute atomic E-state index is 13.2. The van der Waals surface area contributed by atoms with Gasteiger partial charge in [-0.05, 0) is 40.2 Å². The van der Waals surface area contributed by atoms with Gasteiger partial charge in [-0.15, -0.1) is 11.8 Å². The van der Waals surface area contributed by atoms with Gasteiger partial charge in [0.2, 0.25) is 17.7 Å². The number of carbonyl (C=O) groups is 4. The van der Waals surface area contributed by atoms with E-state index < -0.39 is 12.0 Å². The summed E-state index contributed by atoms with van der Waals surface area (Å²) in [5.74, 6) is -1.78. The number of amides is 3. The van der Waals surface area contributed by atoms with E-state index in [4.69, 9.17) is 5.73 Å². The molecule has 0 bridgehead atoms. The minimum atomic E-state index is -1.14. The van der Waals surface area contributed by atoms with Gasteiger partial charge in [-0.1, -0.05) is 6.92 Å². The number of nitrogens with zero attached hydrogens (tertiary/aromatic N) is 2. The predicted molar refractivity (Wildman–Crippen MR) is 138 cm³/mol. The third-order valence-corrected chi connectivity index (χ3v) is 8.76. The van der Waals surface area contributed by atoms with Gasteiger partial charge in [-0.25, -0.2) is 4.79 Å². The molecule has 0 saturated carbocycles. The molecule has 0 aromatic rings. The molecular weight excluding hydrogens is 484 g/mol. The number of carboxylic acid groups (broad SMARTS) is 1. The lowest BCUT2D eigenvalue weighted by atomic mass is 10.0. The van der Waals surface area contributed by atoms with E-state index in [1.54, 1.807) is 14.0 Å². The summed E-state index contributed by atoms with van der Waals surface area (Å²) in [6, 6.07) is -0.891. The van der Waals surface area contributed by atoms with Gasteiger partial charge in [-0.3, -0.25) is 14.4 Å². The first-order chi connectivity index (χ1) is 17.0. The molecule has 36 heavy (non-hydrogen) atoms. The van der Waals surface area contributed by atoms with Gasteiger partial charge in [0, 0.05) is 60.3 Å². The fourth-order valence-corrected chi connectivity index (χ4v) is 6.64. The van der Waals surface area contributed by atoms with Crippen molar-refractivity contribution < 1.29 is 24.3 Å². The molecule has 0 unspecified atom stereocenters. The van der Waals surface area contributed by atoms with Crippen LogP contribution in [0.2, 0.25) is 0 Å². The van der Waals surface area contributed by atoms with Crippen LogP contribution >= 0.6 is 11.8 Å². The Morgan fingerprint density at radius 2 is 1.89 bits per heavy atom. The van der Waals surface area contributed by atoms with Crippen LogP contribution in [0.15, 0.2) is 10.6 Å². The van der Waals surface area contributed by atoms with Crippen molar-refractivity contribution in [2.24, 2.45) is 11.7 Å². The van der Waals surface area contributed by atoms with Crippen molar-refractivity contribution in [2.75, 3.05) is 33.2 Å². The van der Waals surface area contributed by atoms with Gasteiger partial charge < -0.3 is 36.6 Å². The fraction of sp³-hybridized carbons (Fsp3) is 0.750. The maximum atomic E-state index is 13.2. The summed E-state index contributed by atoms with van der Waals surface area (Å²) in [5, 5.41) is 18.9. The largest absolute Gasteiger partial charge is 0.477 e. The van der Waals surface area contributed by atoms with Crippen molar-refractivity contribution in [3.8, 4) is 0 Å². The van der Waals surface area contributed by atoms with Crippen LogP contribution in [0.25, 0.3) is 0 Å². The minimum Gasteiger partial charge on any atom is -0.477 e. The highest BCUT2D eigenvalue weighted by Crippen LogP contribution is 2.44. The van der Waals surface area contributed by atoms with Crippen molar-refractivity contribution in [3.05, 3.63) is 10.6 Å². The van der Waals surface area contributed by atoms with E-state index in [1.807, 2.05) is 18.7 Å². The van der Waals surface area contributed by atoms with E-state index in [1.165, 1.54) is 16.7 Å². The first-order valence-corrected chi connectivity index (χ1v) is 13.6. The number of piperidine rings is 1. The Balaban J connectivity index is 1.67. The number of likely N-dealkylation sites (tertiary alicyclic amines) is 1. The summed E-state index contributed by atoms with van der Waals surface area (Å²) >= 11 is 1.46. The molecule has 11 nitrogen and oxygen atoms in total. The Labute approximate surface area is 216 Å². The molecule has 202 valence electrons. The highest BCUT2D eigenvalue weighted by Gasteiger charge is 2.44. The van der Waals surface area contributed by atoms with Crippen LogP contribution in [0.1, 0.15) is 46.5 Å². The first-order valence-electron chi connectivity index (χ1n) is 12.7. The van der Waals surface area contributed by atoms with Crippen LogP contribution < -0.4 is 21.7 Å². The molecule has 12 heteroatoms. The van der Waals surface area contributed by atoms with E-state index in [2.05, 4.69) is 16.0 Å². The zero-order valence-corrected chi connectivity index (χ0v) is 22.4. The van der Waals surface area contributed by atoms with E-state index in [0.29, 0.717) is 31.0 Å². The molecule has 6 N–H and O–H groups in total.